The van der Waals surface area contributed by atoms with E-state index in [9.17, 15) is 4.79 Å². The van der Waals surface area contributed by atoms with Crippen LogP contribution in [0.5, 0.6) is 0 Å². The number of nitrogens with zero attached hydrogens (tertiary/aromatic N) is 3. The first kappa shape index (κ1) is 24.2. The van der Waals surface area contributed by atoms with Crippen molar-refractivity contribution in [3.05, 3.63) is 59.9 Å². The molecule has 1 saturated heterocycles. The summed E-state index contributed by atoms with van der Waals surface area (Å²) in [5, 5.41) is 6.61. The van der Waals surface area contributed by atoms with Crippen LogP contribution < -0.4 is 10.6 Å². The highest BCUT2D eigenvalue weighted by molar-refractivity contribution is 14.0. The number of carbonyl (C=O) groups is 1. The van der Waals surface area contributed by atoms with E-state index in [0.29, 0.717) is 25.2 Å². The van der Waals surface area contributed by atoms with Crippen LogP contribution in [0.3, 0.4) is 0 Å². The van der Waals surface area contributed by atoms with Crippen LogP contribution in [0.4, 0.5) is 0 Å². The number of halogens is 1. The monoisotopic (exact) mass is 525 g/mol. The summed E-state index contributed by atoms with van der Waals surface area (Å²) in [6.07, 6.45) is 4.23. The zero-order valence-corrected chi connectivity index (χ0v) is 20.2. The summed E-state index contributed by atoms with van der Waals surface area (Å²) in [5.41, 5.74) is 1.81. The Bertz CT molecular complexity index is 797. The average molecular weight is 525 g/mol. The van der Waals surface area contributed by atoms with Crippen molar-refractivity contribution in [2.75, 3.05) is 26.7 Å². The molecule has 164 valence electrons. The number of hydrogen-bond acceptors (Lipinski definition) is 3. The molecule has 1 amide bonds. The lowest BCUT2D eigenvalue weighted by atomic mass is 10.1. The molecule has 1 fully saturated rings. The number of hydrogen-bond donors (Lipinski definition) is 2. The Hall–Kier alpha value is -2.07. The Kier molecular flexibility index (Phi) is 9.64. The van der Waals surface area contributed by atoms with Crippen molar-refractivity contribution < 1.29 is 9.53 Å². The molecule has 1 aliphatic rings. The Morgan fingerprint density at radius 1 is 1.10 bits per heavy atom. The lowest BCUT2D eigenvalue weighted by Gasteiger charge is -2.35. The molecule has 2 unspecified atom stereocenters. The summed E-state index contributed by atoms with van der Waals surface area (Å²) in [4.78, 5) is 18.9. The molecule has 0 saturated carbocycles. The standard InChI is InChI=1S/C22H31N5O2.HI/c1-17-15-27(16-18(2)29-17)21(28)20-8-6-19(7-9-20)14-25-22(23-3)24-10-13-26-11-4-5-12-26;/h4-9,11-12,17-18H,10,13-16H2,1-3H3,(H2,23,24,25);1H. The SMILES string of the molecule is CN=C(NCCn1cccc1)NCc1ccc(C(=O)N2CC(C)OC(C)C2)cc1.I. The Labute approximate surface area is 195 Å². The Morgan fingerprint density at radius 2 is 1.73 bits per heavy atom. The molecule has 30 heavy (non-hydrogen) atoms. The van der Waals surface area contributed by atoms with Crippen molar-refractivity contribution in [3.63, 3.8) is 0 Å². The van der Waals surface area contributed by atoms with Gasteiger partial charge in [-0.25, -0.2) is 0 Å². The highest BCUT2D eigenvalue weighted by atomic mass is 127. The molecule has 0 bridgehead atoms. The zero-order chi connectivity index (χ0) is 20.6. The predicted octanol–water partition coefficient (Wildman–Crippen LogP) is 2.72. The van der Waals surface area contributed by atoms with Crippen molar-refractivity contribution in [2.24, 2.45) is 4.99 Å². The summed E-state index contributed by atoms with van der Waals surface area (Å²) < 4.78 is 7.83. The van der Waals surface area contributed by atoms with Gasteiger partial charge in [-0.05, 0) is 43.7 Å². The third kappa shape index (κ3) is 7.02. The van der Waals surface area contributed by atoms with Gasteiger partial charge in [-0.1, -0.05) is 12.1 Å². The van der Waals surface area contributed by atoms with Gasteiger partial charge in [-0.3, -0.25) is 9.79 Å². The van der Waals surface area contributed by atoms with Gasteiger partial charge in [0.2, 0.25) is 0 Å². The number of rotatable bonds is 6. The number of carbonyl (C=O) groups excluding carboxylic acids is 1. The second kappa shape index (κ2) is 11.9. The molecule has 0 aliphatic carbocycles. The van der Waals surface area contributed by atoms with Crippen molar-refractivity contribution in [1.82, 2.24) is 20.1 Å². The lowest BCUT2D eigenvalue weighted by Crippen LogP contribution is -2.48. The first-order valence-corrected chi connectivity index (χ1v) is 10.1. The van der Waals surface area contributed by atoms with Crippen molar-refractivity contribution in [1.29, 1.82) is 0 Å². The highest BCUT2D eigenvalue weighted by Crippen LogP contribution is 2.15. The molecular weight excluding hydrogens is 493 g/mol. The van der Waals surface area contributed by atoms with E-state index in [0.717, 1.165) is 24.6 Å². The molecule has 1 aromatic heterocycles. The number of ether oxygens (including phenoxy) is 1. The predicted molar refractivity (Wildman–Crippen MR) is 130 cm³/mol. The highest BCUT2D eigenvalue weighted by Gasteiger charge is 2.26. The van der Waals surface area contributed by atoms with Crippen LogP contribution >= 0.6 is 24.0 Å². The van der Waals surface area contributed by atoms with Gasteiger partial charge in [0.1, 0.15) is 0 Å². The number of aromatic nitrogens is 1. The van der Waals surface area contributed by atoms with Crippen LogP contribution in [-0.2, 0) is 17.8 Å². The molecule has 2 aromatic rings. The number of benzene rings is 1. The van der Waals surface area contributed by atoms with Crippen molar-refractivity contribution in [3.8, 4) is 0 Å². The second-order valence-corrected chi connectivity index (χ2v) is 7.44. The quantitative estimate of drug-likeness (QED) is 0.346. The fourth-order valence-corrected chi connectivity index (χ4v) is 3.52. The molecule has 7 nitrogen and oxygen atoms in total. The van der Waals surface area contributed by atoms with E-state index in [1.165, 1.54) is 0 Å². The van der Waals surface area contributed by atoms with Gasteiger partial charge in [-0.15, -0.1) is 24.0 Å². The third-order valence-electron chi connectivity index (χ3n) is 4.92. The minimum atomic E-state index is 0. The van der Waals surface area contributed by atoms with E-state index in [4.69, 9.17) is 4.74 Å². The summed E-state index contributed by atoms with van der Waals surface area (Å²) in [6.45, 7) is 7.59. The fraction of sp³-hybridized carbons (Fsp3) is 0.455. The van der Waals surface area contributed by atoms with Gasteiger partial charge in [0.15, 0.2) is 5.96 Å². The fourth-order valence-electron chi connectivity index (χ4n) is 3.52. The number of amides is 1. The molecule has 1 aliphatic heterocycles. The molecule has 8 heteroatoms. The van der Waals surface area contributed by atoms with E-state index in [2.05, 4.69) is 20.2 Å². The maximum Gasteiger partial charge on any atom is 0.254 e. The first-order chi connectivity index (χ1) is 14.0. The number of guanidine groups is 1. The summed E-state index contributed by atoms with van der Waals surface area (Å²) >= 11 is 0. The van der Waals surface area contributed by atoms with Crippen LogP contribution in [0.2, 0.25) is 0 Å². The third-order valence-corrected chi connectivity index (χ3v) is 4.92. The summed E-state index contributed by atoms with van der Waals surface area (Å²) in [6, 6.07) is 11.8. The van der Waals surface area contributed by atoms with E-state index in [1.54, 1.807) is 7.05 Å². The smallest absolute Gasteiger partial charge is 0.254 e. The minimum Gasteiger partial charge on any atom is -0.372 e. The number of aliphatic imine (C=N–C) groups is 1. The molecule has 2 N–H and O–H groups in total. The molecular formula is C22H32IN5O2. The van der Waals surface area contributed by atoms with E-state index >= 15 is 0 Å². The Balaban J connectivity index is 0.00000320. The second-order valence-electron chi connectivity index (χ2n) is 7.44. The maximum atomic E-state index is 12.8. The largest absolute Gasteiger partial charge is 0.372 e. The van der Waals surface area contributed by atoms with E-state index in [-0.39, 0.29) is 42.1 Å². The van der Waals surface area contributed by atoms with Crippen LogP contribution in [0, 0.1) is 0 Å². The average Bonchev–Trinajstić information content (AvgIpc) is 3.23. The van der Waals surface area contributed by atoms with E-state index in [1.807, 2.05) is 67.5 Å². The first-order valence-electron chi connectivity index (χ1n) is 10.1. The van der Waals surface area contributed by atoms with Gasteiger partial charge >= 0.3 is 0 Å². The van der Waals surface area contributed by atoms with Crippen LogP contribution in [0.25, 0.3) is 0 Å². The van der Waals surface area contributed by atoms with Crippen molar-refractivity contribution in [2.45, 2.75) is 39.1 Å². The van der Waals surface area contributed by atoms with Crippen LogP contribution in [-0.4, -0.2) is 60.2 Å². The lowest BCUT2D eigenvalue weighted by molar-refractivity contribution is -0.0586. The maximum absolute atomic E-state index is 12.8. The van der Waals surface area contributed by atoms with Crippen LogP contribution in [0.15, 0.2) is 53.8 Å². The van der Waals surface area contributed by atoms with Crippen molar-refractivity contribution >= 4 is 35.8 Å². The summed E-state index contributed by atoms with van der Waals surface area (Å²) in [5.74, 6) is 0.822. The van der Waals surface area contributed by atoms with Gasteiger partial charge < -0.3 is 24.8 Å². The van der Waals surface area contributed by atoms with Crippen LogP contribution in [0.1, 0.15) is 29.8 Å². The number of nitrogens with one attached hydrogen (secondary N) is 2. The Morgan fingerprint density at radius 3 is 2.33 bits per heavy atom. The van der Waals surface area contributed by atoms with Gasteiger partial charge in [0.25, 0.3) is 5.91 Å². The number of morpholine rings is 1. The molecule has 0 radical (unpaired) electrons. The molecule has 2 heterocycles. The zero-order valence-electron chi connectivity index (χ0n) is 17.9. The van der Waals surface area contributed by atoms with E-state index < -0.39 is 0 Å². The molecule has 1 aromatic carbocycles. The molecule has 2 atom stereocenters. The minimum absolute atomic E-state index is 0. The van der Waals surface area contributed by atoms with Gasteiger partial charge in [-0.2, -0.15) is 0 Å². The molecule has 0 spiro atoms. The topological polar surface area (TPSA) is 70.9 Å². The van der Waals surface area contributed by atoms with Gasteiger partial charge in [0.05, 0.1) is 12.2 Å². The molecule has 3 rings (SSSR count). The normalized spacial score (nSPS) is 19.2. The van der Waals surface area contributed by atoms with Gasteiger partial charge in [0, 0.05) is 57.7 Å². The summed E-state index contributed by atoms with van der Waals surface area (Å²) in [7, 11) is 1.76.